The second-order valence-corrected chi connectivity index (χ2v) is 7.01. The fourth-order valence-electron chi connectivity index (χ4n) is 3.08. The van der Waals surface area contributed by atoms with E-state index in [1.54, 1.807) is 10.7 Å². The van der Waals surface area contributed by atoms with E-state index in [4.69, 9.17) is 9.47 Å². The molecule has 3 heterocycles. The molecule has 0 N–H and O–H groups in total. The fraction of sp³-hybridized carbons (Fsp3) is 0.389. The first-order valence-electron chi connectivity index (χ1n) is 8.67. The van der Waals surface area contributed by atoms with E-state index in [9.17, 15) is 4.79 Å². The molecule has 136 valence electrons. The van der Waals surface area contributed by atoms with Crippen molar-refractivity contribution in [3.63, 3.8) is 0 Å². The number of thiazole rings is 1. The lowest BCUT2D eigenvalue weighted by molar-refractivity contribution is 0.0992. The van der Waals surface area contributed by atoms with Crippen LogP contribution in [-0.2, 0) is 13.1 Å². The molecule has 0 fully saturated rings. The second kappa shape index (κ2) is 6.60. The van der Waals surface area contributed by atoms with Crippen LogP contribution in [0.2, 0.25) is 0 Å². The van der Waals surface area contributed by atoms with Crippen molar-refractivity contribution in [1.82, 2.24) is 14.3 Å². The quantitative estimate of drug-likeness (QED) is 0.709. The van der Waals surface area contributed by atoms with Gasteiger partial charge in [-0.3, -0.25) is 9.48 Å². The SMILES string of the molecule is CCn1nc(C(=O)N=c2sc3cc4c(cc3n2CC)OCCO4)cc1C. The van der Waals surface area contributed by atoms with Crippen LogP contribution in [-0.4, -0.2) is 33.5 Å². The lowest BCUT2D eigenvalue weighted by atomic mass is 10.2. The normalized spacial score (nSPS) is 14.2. The van der Waals surface area contributed by atoms with Crippen molar-refractivity contribution in [2.45, 2.75) is 33.9 Å². The van der Waals surface area contributed by atoms with Gasteiger partial charge < -0.3 is 14.0 Å². The first-order valence-corrected chi connectivity index (χ1v) is 9.48. The van der Waals surface area contributed by atoms with E-state index in [-0.39, 0.29) is 5.91 Å². The monoisotopic (exact) mass is 372 g/mol. The Bertz CT molecular complexity index is 1060. The summed E-state index contributed by atoms with van der Waals surface area (Å²) in [6, 6.07) is 5.70. The van der Waals surface area contributed by atoms with E-state index in [1.165, 1.54) is 11.3 Å². The number of carbonyl (C=O) groups is 1. The summed E-state index contributed by atoms with van der Waals surface area (Å²) in [5, 5.41) is 4.33. The number of nitrogens with zero attached hydrogens (tertiary/aromatic N) is 4. The molecule has 0 aliphatic carbocycles. The third-order valence-electron chi connectivity index (χ3n) is 4.36. The molecule has 0 spiro atoms. The number of rotatable bonds is 3. The van der Waals surface area contributed by atoms with Gasteiger partial charge in [-0.25, -0.2) is 0 Å². The Morgan fingerprint density at radius 3 is 2.58 bits per heavy atom. The van der Waals surface area contributed by atoms with Gasteiger partial charge in [0.15, 0.2) is 22.0 Å². The highest BCUT2D eigenvalue weighted by Gasteiger charge is 2.17. The molecule has 8 heteroatoms. The minimum absolute atomic E-state index is 0.327. The van der Waals surface area contributed by atoms with Crippen LogP contribution in [0.1, 0.15) is 30.0 Å². The minimum Gasteiger partial charge on any atom is -0.486 e. The number of benzene rings is 1. The molecule has 4 rings (SSSR count). The molecule has 0 unspecified atom stereocenters. The molecule has 0 saturated heterocycles. The Kier molecular flexibility index (Phi) is 4.28. The molecule has 0 atom stereocenters. The van der Waals surface area contributed by atoms with Gasteiger partial charge in [-0.2, -0.15) is 10.1 Å². The van der Waals surface area contributed by atoms with E-state index in [1.807, 2.05) is 37.5 Å². The topological polar surface area (TPSA) is 70.6 Å². The molecule has 1 aliphatic heterocycles. The van der Waals surface area contributed by atoms with Crippen molar-refractivity contribution in [2.24, 2.45) is 4.99 Å². The average molecular weight is 372 g/mol. The highest BCUT2D eigenvalue weighted by atomic mass is 32.1. The lowest BCUT2D eigenvalue weighted by Gasteiger charge is -2.18. The van der Waals surface area contributed by atoms with Crippen LogP contribution in [0.5, 0.6) is 11.5 Å². The van der Waals surface area contributed by atoms with Crippen molar-refractivity contribution >= 4 is 27.5 Å². The molecule has 1 aromatic carbocycles. The highest BCUT2D eigenvalue weighted by molar-refractivity contribution is 7.16. The zero-order valence-corrected chi connectivity index (χ0v) is 15.8. The van der Waals surface area contributed by atoms with Crippen LogP contribution < -0.4 is 14.3 Å². The molecule has 3 aromatic rings. The largest absolute Gasteiger partial charge is 0.486 e. The second-order valence-electron chi connectivity index (χ2n) is 6.00. The van der Waals surface area contributed by atoms with Gasteiger partial charge in [0.1, 0.15) is 13.2 Å². The molecule has 0 bridgehead atoms. The average Bonchev–Trinajstić information content (AvgIpc) is 3.18. The van der Waals surface area contributed by atoms with Gasteiger partial charge in [0.2, 0.25) is 0 Å². The van der Waals surface area contributed by atoms with Crippen LogP contribution in [0, 0.1) is 6.92 Å². The predicted molar refractivity (Wildman–Crippen MR) is 99.0 cm³/mol. The Morgan fingerprint density at radius 2 is 1.92 bits per heavy atom. The van der Waals surface area contributed by atoms with Crippen molar-refractivity contribution in [2.75, 3.05) is 13.2 Å². The first-order chi connectivity index (χ1) is 12.6. The molecule has 2 aromatic heterocycles. The molecule has 1 amide bonds. The van der Waals surface area contributed by atoms with Gasteiger partial charge >= 0.3 is 0 Å². The zero-order valence-electron chi connectivity index (χ0n) is 15.0. The fourth-order valence-corrected chi connectivity index (χ4v) is 4.18. The maximum Gasteiger partial charge on any atom is 0.300 e. The summed E-state index contributed by atoms with van der Waals surface area (Å²) in [5.74, 6) is 1.15. The van der Waals surface area contributed by atoms with E-state index in [0.29, 0.717) is 30.3 Å². The summed E-state index contributed by atoms with van der Waals surface area (Å²) < 4.78 is 16.2. The van der Waals surface area contributed by atoms with E-state index in [0.717, 1.165) is 34.0 Å². The van der Waals surface area contributed by atoms with E-state index < -0.39 is 0 Å². The van der Waals surface area contributed by atoms with Gasteiger partial charge in [0, 0.05) is 30.9 Å². The molecular weight excluding hydrogens is 352 g/mol. The third kappa shape index (κ3) is 2.80. The molecule has 26 heavy (non-hydrogen) atoms. The summed E-state index contributed by atoms with van der Waals surface area (Å²) in [6.45, 7) is 8.48. The van der Waals surface area contributed by atoms with Crippen molar-refractivity contribution in [1.29, 1.82) is 0 Å². The Balaban J connectivity index is 1.81. The standard InChI is InChI=1S/C18H20N4O3S/c1-4-21-13-9-14-15(25-7-6-24-14)10-16(13)26-18(21)19-17(23)12-8-11(3)22(5-2)20-12/h8-10H,4-7H2,1-3H3. The van der Waals surface area contributed by atoms with Gasteiger partial charge in [0.05, 0.1) is 10.2 Å². The summed E-state index contributed by atoms with van der Waals surface area (Å²) in [6.07, 6.45) is 0. The summed E-state index contributed by atoms with van der Waals surface area (Å²) >= 11 is 1.47. The molecule has 0 radical (unpaired) electrons. The van der Waals surface area contributed by atoms with Crippen LogP contribution in [0.15, 0.2) is 23.2 Å². The molecule has 0 saturated carbocycles. The number of aryl methyl sites for hydroxylation is 3. The van der Waals surface area contributed by atoms with Crippen LogP contribution in [0.25, 0.3) is 10.2 Å². The Hall–Kier alpha value is -2.61. The maximum absolute atomic E-state index is 12.6. The number of amides is 1. The molecular formula is C18H20N4O3S. The number of ether oxygens (including phenoxy) is 2. The smallest absolute Gasteiger partial charge is 0.300 e. The number of carbonyl (C=O) groups excluding carboxylic acids is 1. The van der Waals surface area contributed by atoms with Crippen molar-refractivity contribution in [3.8, 4) is 11.5 Å². The number of fused-ring (bicyclic) bond motifs is 2. The van der Waals surface area contributed by atoms with Crippen LogP contribution in [0.4, 0.5) is 0 Å². The summed E-state index contributed by atoms with van der Waals surface area (Å²) in [5.41, 5.74) is 2.31. The van der Waals surface area contributed by atoms with Crippen molar-refractivity contribution in [3.05, 3.63) is 34.4 Å². The lowest BCUT2D eigenvalue weighted by Crippen LogP contribution is -2.17. The van der Waals surface area contributed by atoms with Gasteiger partial charge in [0.25, 0.3) is 5.91 Å². The maximum atomic E-state index is 12.6. The molecule has 7 nitrogen and oxygen atoms in total. The third-order valence-corrected chi connectivity index (χ3v) is 5.40. The number of hydrogen-bond acceptors (Lipinski definition) is 5. The van der Waals surface area contributed by atoms with Crippen LogP contribution in [0.3, 0.4) is 0 Å². The van der Waals surface area contributed by atoms with E-state index in [2.05, 4.69) is 10.1 Å². The Labute approximate surface area is 154 Å². The highest BCUT2D eigenvalue weighted by Crippen LogP contribution is 2.35. The first kappa shape index (κ1) is 16.8. The predicted octanol–water partition coefficient (Wildman–Crippen LogP) is 2.76. The van der Waals surface area contributed by atoms with E-state index >= 15 is 0 Å². The van der Waals surface area contributed by atoms with Crippen molar-refractivity contribution < 1.29 is 14.3 Å². The number of hydrogen-bond donors (Lipinski definition) is 0. The minimum atomic E-state index is -0.327. The summed E-state index contributed by atoms with van der Waals surface area (Å²) in [4.78, 5) is 17.6. The van der Waals surface area contributed by atoms with Crippen LogP contribution >= 0.6 is 11.3 Å². The molecule has 1 aliphatic rings. The number of aromatic nitrogens is 3. The summed E-state index contributed by atoms with van der Waals surface area (Å²) in [7, 11) is 0. The zero-order chi connectivity index (χ0) is 18.3. The van der Waals surface area contributed by atoms with Gasteiger partial charge in [-0.15, -0.1) is 0 Å². The van der Waals surface area contributed by atoms with Gasteiger partial charge in [-0.05, 0) is 26.8 Å². The van der Waals surface area contributed by atoms with Gasteiger partial charge in [-0.1, -0.05) is 11.3 Å². The Morgan fingerprint density at radius 1 is 1.19 bits per heavy atom.